The summed E-state index contributed by atoms with van der Waals surface area (Å²) in [6.07, 6.45) is 20.6. The Labute approximate surface area is 498 Å². The molecule has 0 radical (unpaired) electrons. The standard InChI is InChI=1S/C22H24N8O.C21H21FN8O.C16H18N8O/c1-14-8-17(13-30-12-15(2)25-21(14)30)16-9-19(31)20(23-10-16)18-11-24-22(27-26-18)29-6-4-28(3)5-7-29;1-13-11-30-12-15(7-16(22)20(30)25-13)14-8-18(31)19(23-9-14)17-10-24-21(27-26-17)29-5-3-28(2)4-6-29;1-23-2-4-24(5-3-23)16-18-10-13(21-22-16)15-14(25)6-11(7-17-15)12-8-19-20-9-12/h8-13,31H,4-7H2,1-3H3;7-12,31H,3-6H2,1-2H3;6-10,25H,2-5H2,1H3,(H,19,20). The summed E-state index contributed by atoms with van der Waals surface area (Å²) in [5.74, 6) is 1.32. The van der Waals surface area contributed by atoms with E-state index in [4.69, 9.17) is 0 Å². The van der Waals surface area contributed by atoms with Crippen molar-refractivity contribution in [3.63, 3.8) is 0 Å². The summed E-state index contributed by atoms with van der Waals surface area (Å²) in [5.41, 5.74) is 10.7. The van der Waals surface area contributed by atoms with Crippen molar-refractivity contribution >= 4 is 29.1 Å². The Hall–Kier alpha value is -10.3. The first-order valence-corrected chi connectivity index (χ1v) is 28.2. The van der Waals surface area contributed by atoms with E-state index in [1.165, 1.54) is 12.1 Å². The zero-order chi connectivity index (χ0) is 60.3. The number of H-pyrrole nitrogens is 1. The minimum atomic E-state index is -0.441. The van der Waals surface area contributed by atoms with E-state index >= 15 is 0 Å². The Morgan fingerprint density at radius 2 is 0.782 bits per heavy atom. The van der Waals surface area contributed by atoms with E-state index in [0.29, 0.717) is 57.4 Å². The van der Waals surface area contributed by atoms with Crippen molar-refractivity contribution in [3.05, 3.63) is 127 Å². The van der Waals surface area contributed by atoms with Crippen molar-refractivity contribution in [1.82, 2.24) is 104 Å². The van der Waals surface area contributed by atoms with Crippen LogP contribution in [-0.2, 0) is 0 Å². The number of nitrogens with one attached hydrogen (secondary N) is 1. The van der Waals surface area contributed by atoms with Crippen LogP contribution in [0.25, 0.3) is 78.8 Å². The number of nitrogens with zero attached hydrogens (tertiary/aromatic N) is 23. The molecular formula is C59H63FN24O3. The quantitative estimate of drug-likeness (QED) is 0.143. The first-order chi connectivity index (χ1) is 42.2. The molecule has 3 aliphatic heterocycles. The number of halogens is 1. The molecule has 3 saturated heterocycles. The number of anilines is 3. The third-order valence-electron chi connectivity index (χ3n) is 15.3. The summed E-state index contributed by atoms with van der Waals surface area (Å²) in [7, 11) is 6.29. The number of aromatic nitrogens is 18. The van der Waals surface area contributed by atoms with Crippen molar-refractivity contribution in [2.24, 2.45) is 0 Å². The third kappa shape index (κ3) is 12.7. The summed E-state index contributed by atoms with van der Waals surface area (Å²) in [6, 6.07) is 8.28. The van der Waals surface area contributed by atoms with Gasteiger partial charge in [-0.3, -0.25) is 5.10 Å². The largest absolute Gasteiger partial charge is 0.506 e. The van der Waals surface area contributed by atoms with Crippen LogP contribution in [0.15, 0.2) is 105 Å². The number of imidazole rings is 2. The predicted molar refractivity (Wildman–Crippen MR) is 323 cm³/mol. The average Bonchev–Trinajstić information content (AvgIpc) is 2.52. The van der Waals surface area contributed by atoms with Gasteiger partial charge in [-0.1, -0.05) is 0 Å². The predicted octanol–water partition coefficient (Wildman–Crippen LogP) is 5.26. The summed E-state index contributed by atoms with van der Waals surface area (Å²) >= 11 is 0. The second-order valence-electron chi connectivity index (χ2n) is 21.8. The van der Waals surface area contributed by atoms with Gasteiger partial charge in [-0.15, -0.1) is 30.6 Å². The molecule has 0 aliphatic carbocycles. The van der Waals surface area contributed by atoms with Gasteiger partial charge < -0.3 is 53.5 Å². The molecule has 28 heteroatoms. The lowest BCUT2D eigenvalue weighted by Gasteiger charge is -2.31. The molecule has 11 aromatic rings. The smallest absolute Gasteiger partial charge is 0.245 e. The minimum Gasteiger partial charge on any atom is -0.506 e. The van der Waals surface area contributed by atoms with Gasteiger partial charge in [0.25, 0.3) is 0 Å². The number of pyridine rings is 5. The number of rotatable bonds is 9. The van der Waals surface area contributed by atoms with Crippen molar-refractivity contribution < 1.29 is 19.7 Å². The number of hydrogen-bond donors (Lipinski definition) is 4. The highest BCUT2D eigenvalue weighted by molar-refractivity contribution is 5.74. The van der Waals surface area contributed by atoms with E-state index in [0.717, 1.165) is 123 Å². The molecule has 0 aromatic carbocycles. The molecule has 87 heavy (non-hydrogen) atoms. The molecule has 444 valence electrons. The number of hydrogen-bond acceptors (Lipinski definition) is 24. The highest BCUT2D eigenvalue weighted by atomic mass is 19.1. The van der Waals surface area contributed by atoms with E-state index < -0.39 is 5.82 Å². The molecule has 0 bridgehead atoms. The van der Waals surface area contributed by atoms with Crippen molar-refractivity contribution in [2.45, 2.75) is 20.8 Å². The molecular weight excluding hydrogens is 1110 g/mol. The maximum Gasteiger partial charge on any atom is 0.245 e. The van der Waals surface area contributed by atoms with Gasteiger partial charge in [0.15, 0.2) is 11.5 Å². The summed E-state index contributed by atoms with van der Waals surface area (Å²) in [5, 5.41) is 63.4. The Morgan fingerprint density at radius 1 is 0.402 bits per heavy atom. The van der Waals surface area contributed by atoms with Crippen LogP contribution in [0.4, 0.5) is 22.2 Å². The molecule has 3 fully saturated rings. The first kappa shape index (κ1) is 57.1. The van der Waals surface area contributed by atoms with Crippen LogP contribution >= 0.6 is 0 Å². The fourth-order valence-electron chi connectivity index (χ4n) is 10.3. The second-order valence-corrected chi connectivity index (χ2v) is 21.8. The number of piperazine rings is 3. The first-order valence-electron chi connectivity index (χ1n) is 28.2. The van der Waals surface area contributed by atoms with E-state index in [1.807, 2.05) is 36.7 Å². The van der Waals surface area contributed by atoms with E-state index in [9.17, 15) is 19.7 Å². The van der Waals surface area contributed by atoms with Gasteiger partial charge in [-0.25, -0.2) is 44.3 Å². The van der Waals surface area contributed by atoms with Gasteiger partial charge in [-0.2, -0.15) is 5.10 Å². The van der Waals surface area contributed by atoms with Crippen molar-refractivity contribution in [3.8, 4) is 84.8 Å². The van der Waals surface area contributed by atoms with E-state index in [-0.39, 0.29) is 28.6 Å². The molecule has 11 aromatic heterocycles. The normalized spacial score (nSPS) is 15.1. The second kappa shape index (κ2) is 24.7. The van der Waals surface area contributed by atoms with Crippen LogP contribution in [0, 0.1) is 26.6 Å². The lowest BCUT2D eigenvalue weighted by atomic mass is 10.1. The molecule has 4 N–H and O–H groups in total. The summed E-state index contributed by atoms with van der Waals surface area (Å²) in [6.45, 7) is 16.8. The summed E-state index contributed by atoms with van der Waals surface area (Å²) < 4.78 is 18.0. The topological polar surface area (TPSA) is 298 Å². The van der Waals surface area contributed by atoms with Gasteiger partial charge >= 0.3 is 0 Å². The van der Waals surface area contributed by atoms with Gasteiger partial charge in [-0.05, 0) is 77.8 Å². The molecule has 0 saturated carbocycles. The molecule has 14 rings (SSSR count). The highest BCUT2D eigenvalue weighted by Gasteiger charge is 2.22. The third-order valence-corrected chi connectivity index (χ3v) is 15.3. The maximum atomic E-state index is 14.4. The molecule has 14 heterocycles. The fourth-order valence-corrected chi connectivity index (χ4v) is 10.3. The van der Waals surface area contributed by atoms with Crippen LogP contribution < -0.4 is 14.7 Å². The molecule has 0 atom stereocenters. The Kier molecular flexibility index (Phi) is 16.2. The van der Waals surface area contributed by atoms with Crippen LogP contribution in [-0.4, -0.2) is 219 Å². The molecule has 0 spiro atoms. The Balaban J connectivity index is 0.000000128. The molecule has 0 unspecified atom stereocenters. The monoisotopic (exact) mass is 1170 g/mol. The molecule has 27 nitrogen and oxygen atoms in total. The van der Waals surface area contributed by atoms with Crippen LogP contribution in [0.1, 0.15) is 17.0 Å². The highest BCUT2D eigenvalue weighted by Crippen LogP contribution is 2.34. The SMILES string of the molecule is CN1CCN(c2ncc(-c3ncc(-c4cn[nH]c4)cc3O)nn2)CC1.Cc1cn2cc(-c3cnc(-c4cnc(N5CCN(C)CC5)nn4)c(O)c3)cc(C)c2n1.Cc1cn2cc(-c3cnc(-c4cnc(N5CCN(C)CC5)nn4)c(O)c3)cc(F)c2n1. The average molecular weight is 1180 g/mol. The number of aromatic amines is 1. The van der Waals surface area contributed by atoms with Crippen LogP contribution in [0.3, 0.4) is 0 Å². The zero-order valence-corrected chi connectivity index (χ0v) is 48.8. The minimum absolute atomic E-state index is 0.0298. The lowest BCUT2D eigenvalue weighted by Crippen LogP contribution is -2.45. The fraction of sp³-hybridized carbons (Fsp3) is 0.305. The Morgan fingerprint density at radius 3 is 1.15 bits per heavy atom. The van der Waals surface area contributed by atoms with Gasteiger partial charge in [0.05, 0.1) is 36.2 Å². The molecule has 0 amide bonds. The lowest BCUT2D eigenvalue weighted by molar-refractivity contribution is 0.311. The van der Waals surface area contributed by atoms with E-state index in [2.05, 4.69) is 131 Å². The number of likely N-dealkylation sites (N-methyl/N-ethyl adjacent to an activating group) is 3. The summed E-state index contributed by atoms with van der Waals surface area (Å²) in [4.78, 5) is 48.1. The number of aryl methyl sites for hydroxylation is 3. The van der Waals surface area contributed by atoms with E-state index in [1.54, 1.807) is 85.4 Å². The number of fused-ring (bicyclic) bond motifs is 2. The van der Waals surface area contributed by atoms with Gasteiger partial charge in [0.1, 0.15) is 57.1 Å². The number of aromatic hydroxyl groups is 3. The van der Waals surface area contributed by atoms with Crippen molar-refractivity contribution in [1.29, 1.82) is 0 Å². The maximum absolute atomic E-state index is 14.4. The molecule has 3 aliphatic rings. The van der Waals surface area contributed by atoms with Gasteiger partial charge in [0.2, 0.25) is 17.8 Å². The van der Waals surface area contributed by atoms with Gasteiger partial charge in [0, 0.05) is 161 Å². The zero-order valence-electron chi connectivity index (χ0n) is 48.8. The van der Waals surface area contributed by atoms with Crippen LogP contribution in [0.2, 0.25) is 0 Å². The Bertz CT molecular complexity index is 3980. The van der Waals surface area contributed by atoms with Crippen molar-refractivity contribution in [2.75, 3.05) is 114 Å². The van der Waals surface area contributed by atoms with Crippen LogP contribution in [0.5, 0.6) is 17.2 Å².